The Labute approximate surface area is 251 Å². The lowest BCUT2D eigenvalue weighted by molar-refractivity contribution is -0.125. The third-order valence-electron chi connectivity index (χ3n) is 7.74. The molecular formula is C29H33ClFN7O5. The molecule has 228 valence electrons. The molecule has 3 heterocycles. The van der Waals surface area contributed by atoms with Crippen molar-refractivity contribution in [1.82, 2.24) is 29.5 Å². The van der Waals surface area contributed by atoms with Gasteiger partial charge in [-0.25, -0.2) is 18.9 Å². The molecule has 1 aliphatic rings. The van der Waals surface area contributed by atoms with Crippen LogP contribution in [0.2, 0.25) is 5.02 Å². The Morgan fingerprint density at radius 2 is 1.98 bits per heavy atom. The molecule has 0 saturated heterocycles. The van der Waals surface area contributed by atoms with Crippen LogP contribution >= 0.6 is 11.6 Å². The minimum absolute atomic E-state index is 0.202. The first-order valence-corrected chi connectivity index (χ1v) is 14.3. The van der Waals surface area contributed by atoms with Crippen molar-refractivity contribution in [3.63, 3.8) is 0 Å². The smallest absolute Gasteiger partial charge is 0.278 e. The van der Waals surface area contributed by atoms with E-state index in [1.165, 1.54) is 53.8 Å². The number of fused-ring (bicyclic) bond motifs is 1. The van der Waals surface area contributed by atoms with Crippen molar-refractivity contribution >= 4 is 29.0 Å². The summed E-state index contributed by atoms with van der Waals surface area (Å²) in [5.41, 5.74) is 1.03. The fourth-order valence-electron chi connectivity index (χ4n) is 5.23. The molecule has 0 unspecified atom stereocenters. The highest BCUT2D eigenvalue weighted by Crippen LogP contribution is 2.29. The summed E-state index contributed by atoms with van der Waals surface area (Å²) in [7, 11) is 3.12. The van der Waals surface area contributed by atoms with Crippen LogP contribution < -0.4 is 20.9 Å². The maximum atomic E-state index is 14.0. The van der Waals surface area contributed by atoms with Crippen LogP contribution in [0.1, 0.15) is 50.3 Å². The Kier molecular flexibility index (Phi) is 9.23. The van der Waals surface area contributed by atoms with E-state index in [1.807, 2.05) is 0 Å². The van der Waals surface area contributed by atoms with E-state index in [0.717, 1.165) is 25.7 Å². The van der Waals surface area contributed by atoms with E-state index >= 15 is 0 Å². The van der Waals surface area contributed by atoms with E-state index < -0.39 is 36.0 Å². The van der Waals surface area contributed by atoms with E-state index in [4.69, 9.17) is 21.1 Å². The highest BCUT2D eigenvalue weighted by Gasteiger charge is 2.24. The van der Waals surface area contributed by atoms with Gasteiger partial charge in [-0.05, 0) is 56.4 Å². The number of halogens is 2. The molecule has 1 aliphatic carbocycles. The quantitative estimate of drug-likeness (QED) is 0.244. The van der Waals surface area contributed by atoms with Crippen LogP contribution in [0.4, 0.5) is 10.3 Å². The van der Waals surface area contributed by atoms with Gasteiger partial charge in [-0.15, -0.1) is 0 Å². The molecule has 12 nitrogen and oxygen atoms in total. The number of carbonyl (C=O) groups is 1. The van der Waals surface area contributed by atoms with Crippen LogP contribution in [0.3, 0.4) is 0 Å². The fourth-order valence-corrected chi connectivity index (χ4v) is 5.43. The molecule has 43 heavy (non-hydrogen) atoms. The number of nitrogens with one attached hydrogen (secondary N) is 2. The molecule has 3 aromatic heterocycles. The van der Waals surface area contributed by atoms with E-state index in [0.29, 0.717) is 27.8 Å². The number of anilines is 1. The SMILES string of the molecule is COc1cc(F)cc([C@@H](CO)NC(=O)[C@@H](C)n2cnn3cc(-c4nc(NC5CCC(OC)CC5)ncc4Cl)cc3c2=O)c1. The summed E-state index contributed by atoms with van der Waals surface area (Å²) in [4.78, 5) is 35.5. The van der Waals surface area contributed by atoms with Crippen molar-refractivity contribution < 1.29 is 23.8 Å². The molecule has 1 amide bonds. The predicted octanol–water partition coefficient (Wildman–Crippen LogP) is 3.53. The Bertz CT molecular complexity index is 1670. The minimum Gasteiger partial charge on any atom is -0.497 e. The van der Waals surface area contributed by atoms with Gasteiger partial charge in [0, 0.05) is 31.0 Å². The van der Waals surface area contributed by atoms with E-state index in [-0.39, 0.29) is 23.4 Å². The Morgan fingerprint density at radius 1 is 1.21 bits per heavy atom. The average Bonchev–Trinajstić information content (AvgIpc) is 3.45. The molecule has 1 fully saturated rings. The van der Waals surface area contributed by atoms with Crippen molar-refractivity contribution in [2.45, 2.75) is 56.8 Å². The predicted molar refractivity (Wildman–Crippen MR) is 158 cm³/mol. The molecule has 2 atom stereocenters. The lowest BCUT2D eigenvalue weighted by Gasteiger charge is -2.28. The van der Waals surface area contributed by atoms with Gasteiger partial charge in [-0.2, -0.15) is 5.10 Å². The molecule has 14 heteroatoms. The highest BCUT2D eigenvalue weighted by atomic mass is 35.5. The zero-order valence-corrected chi connectivity index (χ0v) is 24.7. The monoisotopic (exact) mass is 613 g/mol. The zero-order valence-electron chi connectivity index (χ0n) is 24.0. The van der Waals surface area contributed by atoms with Gasteiger partial charge in [0.25, 0.3) is 5.56 Å². The van der Waals surface area contributed by atoms with E-state index in [9.17, 15) is 19.1 Å². The lowest BCUT2D eigenvalue weighted by Crippen LogP contribution is -2.39. The van der Waals surface area contributed by atoms with Gasteiger partial charge < -0.3 is 25.2 Å². The topological polar surface area (TPSA) is 145 Å². The summed E-state index contributed by atoms with van der Waals surface area (Å²) in [5, 5.41) is 20.6. The van der Waals surface area contributed by atoms with Gasteiger partial charge in [0.05, 0.1) is 42.8 Å². The van der Waals surface area contributed by atoms with Gasteiger partial charge in [0.2, 0.25) is 11.9 Å². The molecular weight excluding hydrogens is 581 g/mol. The summed E-state index contributed by atoms with van der Waals surface area (Å²) >= 11 is 6.46. The largest absolute Gasteiger partial charge is 0.497 e. The second-order valence-electron chi connectivity index (χ2n) is 10.5. The van der Waals surface area contributed by atoms with Crippen LogP contribution in [0.15, 0.2) is 47.8 Å². The second-order valence-corrected chi connectivity index (χ2v) is 10.9. The van der Waals surface area contributed by atoms with Crippen LogP contribution in [-0.4, -0.2) is 68.1 Å². The minimum atomic E-state index is -1.00. The lowest BCUT2D eigenvalue weighted by atomic mass is 9.93. The summed E-state index contributed by atoms with van der Waals surface area (Å²) in [6.45, 7) is 1.03. The molecule has 0 bridgehead atoms. The second kappa shape index (κ2) is 13.1. The molecule has 4 aromatic rings. The van der Waals surface area contributed by atoms with Crippen molar-refractivity contribution in [1.29, 1.82) is 0 Å². The number of amides is 1. The zero-order chi connectivity index (χ0) is 30.7. The average molecular weight is 614 g/mol. The number of hydrogen-bond acceptors (Lipinski definition) is 9. The molecule has 0 radical (unpaired) electrons. The van der Waals surface area contributed by atoms with Crippen molar-refractivity contribution in [2.24, 2.45) is 0 Å². The third kappa shape index (κ3) is 6.63. The Hall–Kier alpha value is -4.07. The number of hydrogen-bond donors (Lipinski definition) is 3. The first kappa shape index (κ1) is 30.4. The first-order valence-electron chi connectivity index (χ1n) is 13.9. The number of aliphatic hydroxyl groups excluding tert-OH is 1. The molecule has 5 rings (SSSR count). The Balaban J connectivity index is 1.36. The Morgan fingerprint density at radius 3 is 2.67 bits per heavy atom. The van der Waals surface area contributed by atoms with E-state index in [2.05, 4.69) is 25.7 Å². The number of aromatic nitrogens is 5. The van der Waals surface area contributed by atoms with Gasteiger partial charge in [-0.1, -0.05) is 11.6 Å². The van der Waals surface area contributed by atoms with E-state index in [1.54, 1.807) is 19.4 Å². The normalized spacial score (nSPS) is 18.3. The third-order valence-corrected chi connectivity index (χ3v) is 8.02. The van der Waals surface area contributed by atoms with Crippen LogP contribution in [0.25, 0.3) is 16.8 Å². The maximum Gasteiger partial charge on any atom is 0.278 e. The van der Waals surface area contributed by atoms with Crippen LogP contribution in [0.5, 0.6) is 5.75 Å². The van der Waals surface area contributed by atoms with Gasteiger partial charge in [-0.3, -0.25) is 14.2 Å². The number of methoxy groups -OCH3 is 2. The highest BCUT2D eigenvalue weighted by molar-refractivity contribution is 6.32. The first-order chi connectivity index (χ1) is 20.7. The molecule has 1 aromatic carbocycles. The summed E-state index contributed by atoms with van der Waals surface area (Å²) < 4.78 is 27.1. The van der Waals surface area contributed by atoms with Gasteiger partial charge in [0.1, 0.15) is 29.5 Å². The number of nitrogens with zero attached hydrogens (tertiary/aromatic N) is 5. The van der Waals surface area contributed by atoms with Crippen molar-refractivity contribution in [3.8, 4) is 17.0 Å². The van der Waals surface area contributed by atoms with Crippen LogP contribution in [0, 0.1) is 5.82 Å². The van der Waals surface area contributed by atoms with Crippen LogP contribution in [-0.2, 0) is 9.53 Å². The number of aliphatic hydroxyl groups is 1. The summed E-state index contributed by atoms with van der Waals surface area (Å²) in [6.07, 6.45) is 8.44. The standard InChI is InChI=1S/C29H33ClFN7O5/c1-16(27(40)35-24(14-39)17-8-19(31)11-22(9-17)43-3)37-15-33-38-13-18(10-25(38)28(37)41)26-23(30)12-32-29(36-26)34-20-4-6-21(42-2)7-5-20/h8-13,15-16,20-21,24,39H,4-7,14H2,1-3H3,(H,35,40)(H,32,34,36)/t16-,20?,21?,24-/m1/s1. The number of ether oxygens (including phenoxy) is 2. The number of rotatable bonds is 10. The fraction of sp³-hybridized carbons (Fsp3) is 0.414. The van der Waals surface area contributed by atoms with Gasteiger partial charge in [0.15, 0.2) is 0 Å². The molecule has 1 saturated carbocycles. The van der Waals surface area contributed by atoms with Gasteiger partial charge >= 0.3 is 0 Å². The number of benzene rings is 1. The number of carbonyl (C=O) groups excluding carboxylic acids is 1. The molecule has 0 aliphatic heterocycles. The molecule has 0 spiro atoms. The maximum absolute atomic E-state index is 14.0. The van der Waals surface area contributed by atoms with Crippen molar-refractivity contribution in [2.75, 3.05) is 26.1 Å². The summed E-state index contributed by atoms with van der Waals surface area (Å²) in [5.74, 6) is -0.477. The van der Waals surface area contributed by atoms with Crippen molar-refractivity contribution in [3.05, 3.63) is 69.7 Å². The summed E-state index contributed by atoms with van der Waals surface area (Å²) in [6, 6.07) is 3.79. The molecule has 3 N–H and O–H groups in total.